The molecule has 1 heterocycles. The van der Waals surface area contributed by atoms with Crippen LogP contribution < -0.4 is 4.72 Å². The van der Waals surface area contributed by atoms with E-state index in [0.717, 1.165) is 18.3 Å². The van der Waals surface area contributed by atoms with Crippen LogP contribution in [0.1, 0.15) is 6.42 Å². The maximum absolute atomic E-state index is 11.8. The number of nitrogens with one attached hydrogen (secondary N) is 1. The van der Waals surface area contributed by atoms with E-state index in [1.807, 2.05) is 4.72 Å². The molecule has 3 N–H and O–H groups in total. The zero-order chi connectivity index (χ0) is 15.3. The van der Waals surface area contributed by atoms with E-state index in [2.05, 4.69) is 4.98 Å². The van der Waals surface area contributed by atoms with Gasteiger partial charge in [-0.1, -0.05) is 0 Å². The lowest BCUT2D eigenvalue weighted by Crippen LogP contribution is -2.41. The molecule has 20 heavy (non-hydrogen) atoms. The third-order valence-electron chi connectivity index (χ3n) is 2.23. The van der Waals surface area contributed by atoms with Crippen molar-refractivity contribution in [3.8, 4) is 0 Å². The van der Waals surface area contributed by atoms with Crippen LogP contribution in [0.25, 0.3) is 0 Å². The van der Waals surface area contributed by atoms with Crippen molar-refractivity contribution in [1.82, 2.24) is 9.71 Å². The first-order chi connectivity index (χ1) is 9.27. The van der Waals surface area contributed by atoms with Gasteiger partial charge in [0.15, 0.2) is 6.20 Å². The summed E-state index contributed by atoms with van der Waals surface area (Å²) in [6.45, 7) is -0.516. The Morgan fingerprint density at radius 1 is 1.50 bits per heavy atom. The van der Waals surface area contributed by atoms with Gasteiger partial charge < -0.3 is 20.3 Å². The SMILES string of the molecule is O=C(O)C(CCO)NS(=O)(=O)c1ccc([N+](=O)[O-])nc1. The molecule has 0 radical (unpaired) electrons. The molecule has 0 fully saturated rings. The molecular weight excluding hydrogens is 294 g/mol. The number of sulfonamides is 1. The average Bonchev–Trinajstić information content (AvgIpc) is 2.38. The van der Waals surface area contributed by atoms with Gasteiger partial charge in [-0.15, -0.1) is 0 Å². The number of aliphatic hydroxyl groups is 1. The number of pyridine rings is 1. The average molecular weight is 305 g/mol. The summed E-state index contributed by atoms with van der Waals surface area (Å²) in [7, 11) is -4.20. The topological polar surface area (TPSA) is 160 Å². The highest BCUT2D eigenvalue weighted by Crippen LogP contribution is 2.13. The zero-order valence-corrected chi connectivity index (χ0v) is 10.8. The Morgan fingerprint density at radius 3 is 2.55 bits per heavy atom. The van der Waals surface area contributed by atoms with E-state index in [-0.39, 0.29) is 6.42 Å². The highest BCUT2D eigenvalue weighted by molar-refractivity contribution is 7.89. The molecule has 0 aliphatic heterocycles. The normalized spacial score (nSPS) is 12.8. The summed E-state index contributed by atoms with van der Waals surface area (Å²) in [5.41, 5.74) is 0. The minimum Gasteiger partial charge on any atom is -0.480 e. The first-order valence-electron chi connectivity index (χ1n) is 5.24. The Balaban J connectivity index is 2.98. The number of nitrogens with zero attached hydrogens (tertiary/aromatic N) is 2. The number of hydrogen-bond acceptors (Lipinski definition) is 7. The maximum Gasteiger partial charge on any atom is 0.363 e. The van der Waals surface area contributed by atoms with Crippen LogP contribution in [0.5, 0.6) is 0 Å². The molecule has 0 bridgehead atoms. The van der Waals surface area contributed by atoms with Crippen LogP contribution in [-0.4, -0.2) is 47.2 Å². The van der Waals surface area contributed by atoms with Crippen LogP contribution in [-0.2, 0) is 14.8 Å². The molecule has 10 nitrogen and oxygen atoms in total. The highest BCUT2D eigenvalue weighted by atomic mass is 32.2. The second-order valence-corrected chi connectivity index (χ2v) is 5.35. The smallest absolute Gasteiger partial charge is 0.363 e. The Labute approximate surface area is 113 Å². The summed E-state index contributed by atoms with van der Waals surface area (Å²) in [6.07, 6.45) is 0.438. The maximum atomic E-state index is 11.8. The van der Waals surface area contributed by atoms with E-state index in [1.54, 1.807) is 0 Å². The van der Waals surface area contributed by atoms with Crippen molar-refractivity contribution < 1.29 is 28.3 Å². The summed E-state index contributed by atoms with van der Waals surface area (Å²) < 4.78 is 25.5. The Morgan fingerprint density at radius 2 is 2.15 bits per heavy atom. The van der Waals surface area contributed by atoms with E-state index >= 15 is 0 Å². The fourth-order valence-electron chi connectivity index (χ4n) is 1.26. The number of aliphatic hydroxyl groups excluding tert-OH is 1. The first-order valence-corrected chi connectivity index (χ1v) is 6.72. The van der Waals surface area contributed by atoms with Gasteiger partial charge in [0.1, 0.15) is 10.9 Å². The Kier molecular flexibility index (Phi) is 5.07. The van der Waals surface area contributed by atoms with Gasteiger partial charge in [-0.2, -0.15) is 4.72 Å². The lowest BCUT2D eigenvalue weighted by atomic mass is 10.2. The molecule has 0 aromatic carbocycles. The molecule has 0 aliphatic carbocycles. The molecule has 1 rings (SSSR count). The molecule has 1 unspecified atom stereocenters. The number of hydrogen-bond donors (Lipinski definition) is 3. The van der Waals surface area contributed by atoms with Gasteiger partial charge in [0.05, 0.1) is 0 Å². The van der Waals surface area contributed by atoms with Crippen molar-refractivity contribution in [2.24, 2.45) is 0 Å². The van der Waals surface area contributed by atoms with Crippen molar-refractivity contribution in [3.05, 3.63) is 28.4 Å². The van der Waals surface area contributed by atoms with E-state index in [1.165, 1.54) is 0 Å². The summed E-state index contributed by atoms with van der Waals surface area (Å²) in [5, 5.41) is 27.8. The quantitative estimate of drug-likeness (QED) is 0.431. The summed E-state index contributed by atoms with van der Waals surface area (Å²) >= 11 is 0. The predicted molar refractivity (Wildman–Crippen MR) is 64.3 cm³/mol. The Bertz CT molecular complexity index is 598. The van der Waals surface area contributed by atoms with Crippen molar-refractivity contribution in [2.45, 2.75) is 17.4 Å². The monoisotopic (exact) mass is 305 g/mol. The lowest BCUT2D eigenvalue weighted by Gasteiger charge is -2.12. The summed E-state index contributed by atoms with van der Waals surface area (Å²) in [5.74, 6) is -1.98. The largest absolute Gasteiger partial charge is 0.480 e. The van der Waals surface area contributed by atoms with Crippen LogP contribution in [0.15, 0.2) is 23.2 Å². The van der Waals surface area contributed by atoms with Gasteiger partial charge in [-0.3, -0.25) is 4.79 Å². The summed E-state index contributed by atoms with van der Waals surface area (Å²) in [6, 6.07) is 0.321. The van der Waals surface area contributed by atoms with Gasteiger partial charge in [0.2, 0.25) is 10.0 Å². The number of carbonyl (C=O) groups is 1. The molecule has 0 spiro atoms. The molecular formula is C9H11N3O7S. The van der Waals surface area contributed by atoms with Crippen LogP contribution >= 0.6 is 0 Å². The van der Waals surface area contributed by atoms with Crippen molar-refractivity contribution >= 4 is 21.8 Å². The second-order valence-electron chi connectivity index (χ2n) is 3.63. The lowest BCUT2D eigenvalue weighted by molar-refractivity contribution is -0.389. The molecule has 1 aromatic heterocycles. The van der Waals surface area contributed by atoms with E-state index < -0.39 is 44.3 Å². The van der Waals surface area contributed by atoms with Gasteiger partial charge >= 0.3 is 11.8 Å². The van der Waals surface area contributed by atoms with Crippen LogP contribution in [0.3, 0.4) is 0 Å². The fourth-order valence-corrected chi connectivity index (χ4v) is 2.42. The minimum absolute atomic E-state index is 0.311. The van der Waals surface area contributed by atoms with E-state index in [9.17, 15) is 23.3 Å². The van der Waals surface area contributed by atoms with Crippen molar-refractivity contribution in [3.63, 3.8) is 0 Å². The third kappa shape index (κ3) is 3.94. The molecule has 1 atom stereocenters. The zero-order valence-electron chi connectivity index (χ0n) is 9.96. The van der Waals surface area contributed by atoms with Crippen LogP contribution in [0.4, 0.5) is 5.82 Å². The number of aromatic nitrogens is 1. The number of carboxylic acids is 1. The molecule has 110 valence electrons. The van der Waals surface area contributed by atoms with Gasteiger partial charge in [0, 0.05) is 12.7 Å². The molecule has 0 saturated heterocycles. The fraction of sp³-hybridized carbons (Fsp3) is 0.333. The molecule has 11 heteroatoms. The Hall–Kier alpha value is -2.11. The molecule has 0 amide bonds. The van der Waals surface area contributed by atoms with Crippen LogP contribution in [0.2, 0.25) is 0 Å². The van der Waals surface area contributed by atoms with E-state index in [0.29, 0.717) is 0 Å². The number of nitro groups is 1. The van der Waals surface area contributed by atoms with E-state index in [4.69, 9.17) is 10.2 Å². The summed E-state index contributed by atoms with van der Waals surface area (Å²) in [4.78, 5) is 23.3. The standard InChI is InChI=1S/C9H11N3O7S/c13-4-3-7(9(14)15)11-20(18,19)6-1-2-8(10-5-6)12(16)17/h1-2,5,7,11,13H,3-4H2,(H,14,15). The van der Waals surface area contributed by atoms with Gasteiger partial charge in [-0.05, 0) is 22.4 Å². The predicted octanol–water partition coefficient (Wildman–Crippen LogP) is -0.896. The first kappa shape index (κ1) is 15.9. The number of aliphatic carboxylic acids is 1. The number of carboxylic acid groups (broad SMARTS) is 1. The number of rotatable bonds is 7. The minimum atomic E-state index is -4.20. The molecule has 0 aliphatic rings. The third-order valence-corrected chi connectivity index (χ3v) is 3.69. The van der Waals surface area contributed by atoms with Crippen molar-refractivity contribution in [2.75, 3.05) is 6.61 Å². The molecule has 1 aromatic rings. The second kappa shape index (κ2) is 6.36. The van der Waals surface area contributed by atoms with Crippen LogP contribution in [0, 0.1) is 10.1 Å². The highest BCUT2D eigenvalue weighted by Gasteiger charge is 2.26. The van der Waals surface area contributed by atoms with Gasteiger partial charge in [0.25, 0.3) is 0 Å². The van der Waals surface area contributed by atoms with Crippen molar-refractivity contribution in [1.29, 1.82) is 0 Å². The molecule has 0 saturated carbocycles. The van der Waals surface area contributed by atoms with Gasteiger partial charge in [-0.25, -0.2) is 8.42 Å².